The number of ether oxygens (including phenoxy) is 1. The van der Waals surface area contributed by atoms with Gasteiger partial charge in [0.2, 0.25) is 0 Å². The lowest BCUT2D eigenvalue weighted by Crippen LogP contribution is -2.25. The number of nitrogens with two attached hydrogens (primary N) is 1. The van der Waals surface area contributed by atoms with Crippen LogP contribution in [0.25, 0.3) is 0 Å². The first-order chi connectivity index (χ1) is 8.88. The van der Waals surface area contributed by atoms with Gasteiger partial charge in [0.15, 0.2) is 0 Å². The summed E-state index contributed by atoms with van der Waals surface area (Å²) in [5.74, 6) is 0.638. The average Bonchev–Trinajstić information content (AvgIpc) is 2.84. The van der Waals surface area contributed by atoms with E-state index in [4.69, 9.17) is 10.5 Å². The summed E-state index contributed by atoms with van der Waals surface area (Å²) >= 11 is 0. The van der Waals surface area contributed by atoms with E-state index in [9.17, 15) is 0 Å². The number of hydrogen-bond donors (Lipinski definition) is 1. The summed E-state index contributed by atoms with van der Waals surface area (Å²) in [4.78, 5) is 0. The zero-order chi connectivity index (χ0) is 13.1. The molecule has 0 heterocycles. The van der Waals surface area contributed by atoms with Gasteiger partial charge in [-0.15, -0.1) is 0 Å². The molecule has 2 unspecified atom stereocenters. The van der Waals surface area contributed by atoms with Gasteiger partial charge in [-0.3, -0.25) is 0 Å². The van der Waals surface area contributed by atoms with Crippen LogP contribution < -0.4 is 5.73 Å². The number of rotatable bonds is 11. The van der Waals surface area contributed by atoms with Gasteiger partial charge in [0.1, 0.15) is 0 Å². The zero-order valence-electron chi connectivity index (χ0n) is 12.3. The summed E-state index contributed by atoms with van der Waals surface area (Å²) in [6.07, 6.45) is 15.3. The molecule has 1 saturated carbocycles. The second kappa shape index (κ2) is 10.8. The fourth-order valence-electron chi connectivity index (χ4n) is 2.96. The van der Waals surface area contributed by atoms with Crippen LogP contribution in [0.4, 0.5) is 0 Å². The molecule has 1 aliphatic rings. The molecule has 0 aromatic heterocycles. The van der Waals surface area contributed by atoms with Crippen molar-refractivity contribution in [1.29, 1.82) is 0 Å². The Kier molecular flexibility index (Phi) is 9.59. The van der Waals surface area contributed by atoms with Gasteiger partial charge in [-0.25, -0.2) is 0 Å². The van der Waals surface area contributed by atoms with Crippen molar-refractivity contribution in [2.45, 2.75) is 83.7 Å². The third-order valence-corrected chi connectivity index (χ3v) is 4.22. The van der Waals surface area contributed by atoms with Crippen LogP contribution in [0.1, 0.15) is 77.6 Å². The predicted molar refractivity (Wildman–Crippen MR) is 78.7 cm³/mol. The highest BCUT2D eigenvalue weighted by Gasteiger charge is 2.26. The normalized spacial score (nSPS) is 23.7. The lowest BCUT2D eigenvalue weighted by molar-refractivity contribution is 0.0279. The molecule has 0 spiro atoms. The van der Waals surface area contributed by atoms with Crippen molar-refractivity contribution in [2.75, 3.05) is 13.2 Å². The molecule has 0 amide bonds. The van der Waals surface area contributed by atoms with E-state index in [-0.39, 0.29) is 0 Å². The zero-order valence-corrected chi connectivity index (χ0v) is 12.3. The SMILES string of the molecule is CCCCCCCCCCOC1CCCC1CN. The van der Waals surface area contributed by atoms with Gasteiger partial charge < -0.3 is 10.5 Å². The molecule has 18 heavy (non-hydrogen) atoms. The highest BCUT2D eigenvalue weighted by molar-refractivity contribution is 4.78. The molecular formula is C16H33NO. The van der Waals surface area contributed by atoms with Crippen LogP contribution >= 0.6 is 0 Å². The molecule has 1 aliphatic carbocycles. The highest BCUT2D eigenvalue weighted by Crippen LogP contribution is 2.27. The van der Waals surface area contributed by atoms with Crippen molar-refractivity contribution in [3.05, 3.63) is 0 Å². The Morgan fingerprint density at radius 3 is 2.28 bits per heavy atom. The molecule has 2 heteroatoms. The quantitative estimate of drug-likeness (QED) is 0.560. The molecule has 1 fully saturated rings. The van der Waals surface area contributed by atoms with Gasteiger partial charge in [0.25, 0.3) is 0 Å². The molecule has 108 valence electrons. The standard InChI is InChI=1S/C16H33NO/c1-2-3-4-5-6-7-8-9-13-18-16-12-10-11-15(16)14-17/h15-16H,2-14,17H2,1H3. The Morgan fingerprint density at radius 2 is 1.61 bits per heavy atom. The molecule has 0 aromatic carbocycles. The van der Waals surface area contributed by atoms with E-state index in [1.807, 2.05) is 0 Å². The molecule has 0 saturated heterocycles. The van der Waals surface area contributed by atoms with E-state index in [2.05, 4.69) is 6.92 Å². The van der Waals surface area contributed by atoms with Gasteiger partial charge >= 0.3 is 0 Å². The summed E-state index contributed by atoms with van der Waals surface area (Å²) < 4.78 is 5.97. The van der Waals surface area contributed by atoms with Crippen LogP contribution in [0, 0.1) is 5.92 Å². The van der Waals surface area contributed by atoms with Gasteiger partial charge in [-0.05, 0) is 31.7 Å². The minimum atomic E-state index is 0.472. The van der Waals surface area contributed by atoms with Crippen molar-refractivity contribution in [3.8, 4) is 0 Å². The summed E-state index contributed by atoms with van der Waals surface area (Å²) in [6, 6.07) is 0. The van der Waals surface area contributed by atoms with Gasteiger partial charge in [-0.2, -0.15) is 0 Å². The van der Waals surface area contributed by atoms with Crippen LogP contribution in [0.3, 0.4) is 0 Å². The Bertz CT molecular complexity index is 184. The van der Waals surface area contributed by atoms with Crippen LogP contribution in [-0.2, 0) is 4.74 Å². The maximum atomic E-state index is 5.97. The van der Waals surface area contributed by atoms with E-state index >= 15 is 0 Å². The molecule has 0 bridgehead atoms. The van der Waals surface area contributed by atoms with E-state index in [1.54, 1.807) is 0 Å². The fourth-order valence-corrected chi connectivity index (χ4v) is 2.96. The number of unbranched alkanes of at least 4 members (excludes halogenated alkanes) is 7. The summed E-state index contributed by atoms with van der Waals surface area (Å²) in [5, 5.41) is 0. The second-order valence-corrected chi connectivity index (χ2v) is 5.81. The second-order valence-electron chi connectivity index (χ2n) is 5.81. The molecule has 0 aliphatic heterocycles. The Hall–Kier alpha value is -0.0800. The Morgan fingerprint density at radius 1 is 0.944 bits per heavy atom. The summed E-state index contributed by atoms with van der Waals surface area (Å²) in [5.41, 5.74) is 5.75. The van der Waals surface area contributed by atoms with Crippen molar-refractivity contribution < 1.29 is 4.74 Å². The molecule has 2 atom stereocenters. The van der Waals surface area contributed by atoms with Gasteiger partial charge in [0.05, 0.1) is 6.10 Å². The first-order valence-electron chi connectivity index (χ1n) is 8.20. The van der Waals surface area contributed by atoms with Crippen LogP contribution in [0.2, 0.25) is 0 Å². The summed E-state index contributed by atoms with van der Waals surface area (Å²) in [7, 11) is 0. The van der Waals surface area contributed by atoms with E-state index in [1.165, 1.54) is 70.6 Å². The average molecular weight is 255 g/mol. The summed E-state index contributed by atoms with van der Waals surface area (Å²) in [6.45, 7) is 4.03. The maximum Gasteiger partial charge on any atom is 0.0615 e. The first-order valence-corrected chi connectivity index (χ1v) is 8.20. The highest BCUT2D eigenvalue weighted by atomic mass is 16.5. The van der Waals surface area contributed by atoms with Gasteiger partial charge in [0, 0.05) is 6.61 Å². The molecule has 0 aromatic rings. The van der Waals surface area contributed by atoms with E-state index in [0.717, 1.165) is 13.2 Å². The van der Waals surface area contributed by atoms with Crippen LogP contribution in [0.5, 0.6) is 0 Å². The van der Waals surface area contributed by atoms with Gasteiger partial charge in [-0.1, -0.05) is 58.3 Å². The Balaban J connectivity index is 1.83. The monoisotopic (exact) mass is 255 g/mol. The topological polar surface area (TPSA) is 35.2 Å². The molecule has 2 N–H and O–H groups in total. The first kappa shape index (κ1) is 16.0. The maximum absolute atomic E-state index is 5.97. The van der Waals surface area contributed by atoms with Crippen molar-refractivity contribution in [1.82, 2.24) is 0 Å². The minimum Gasteiger partial charge on any atom is -0.378 e. The van der Waals surface area contributed by atoms with Crippen molar-refractivity contribution in [3.63, 3.8) is 0 Å². The van der Waals surface area contributed by atoms with E-state index < -0.39 is 0 Å². The third kappa shape index (κ3) is 6.75. The van der Waals surface area contributed by atoms with Crippen LogP contribution in [0.15, 0.2) is 0 Å². The minimum absolute atomic E-state index is 0.472. The van der Waals surface area contributed by atoms with Crippen LogP contribution in [-0.4, -0.2) is 19.3 Å². The third-order valence-electron chi connectivity index (χ3n) is 4.22. The number of hydrogen-bond acceptors (Lipinski definition) is 2. The smallest absolute Gasteiger partial charge is 0.0615 e. The molecular weight excluding hydrogens is 222 g/mol. The van der Waals surface area contributed by atoms with Crippen molar-refractivity contribution in [2.24, 2.45) is 11.7 Å². The largest absolute Gasteiger partial charge is 0.378 e. The Labute approximate surface area is 114 Å². The molecule has 1 rings (SSSR count). The fraction of sp³-hybridized carbons (Fsp3) is 1.00. The van der Waals surface area contributed by atoms with E-state index in [0.29, 0.717) is 12.0 Å². The lowest BCUT2D eigenvalue weighted by Gasteiger charge is -2.18. The predicted octanol–water partition coefficient (Wildman–Crippen LogP) is 4.27. The lowest BCUT2D eigenvalue weighted by atomic mass is 10.1. The molecule has 0 radical (unpaired) electrons. The molecule has 2 nitrogen and oxygen atoms in total. The van der Waals surface area contributed by atoms with Crippen molar-refractivity contribution >= 4 is 0 Å².